The van der Waals surface area contributed by atoms with Gasteiger partial charge in [-0.25, -0.2) is 4.79 Å². The van der Waals surface area contributed by atoms with Gasteiger partial charge < -0.3 is 8.83 Å². The first-order valence-corrected chi connectivity index (χ1v) is 6.64. The highest BCUT2D eigenvalue weighted by Crippen LogP contribution is 2.29. The standard InChI is InChI=1S/C13H11NO3S/c1-3-18-13-14-11-9(16-13)5-4-8-7(2)6-10(15)17-12(8)11/h4-6H,3H2,1-2H3. The molecule has 0 saturated carbocycles. The zero-order valence-corrected chi connectivity index (χ0v) is 10.8. The molecule has 0 amide bonds. The first-order chi connectivity index (χ1) is 8.69. The van der Waals surface area contributed by atoms with E-state index < -0.39 is 0 Å². The molecule has 0 unspecified atom stereocenters. The van der Waals surface area contributed by atoms with E-state index in [1.54, 1.807) is 0 Å². The van der Waals surface area contributed by atoms with E-state index in [1.165, 1.54) is 17.8 Å². The summed E-state index contributed by atoms with van der Waals surface area (Å²) in [5.41, 5.74) is 2.29. The maximum Gasteiger partial charge on any atom is 0.336 e. The van der Waals surface area contributed by atoms with Gasteiger partial charge in [-0.2, -0.15) is 4.98 Å². The molecule has 0 saturated heterocycles. The Labute approximate surface area is 107 Å². The van der Waals surface area contributed by atoms with Crippen LogP contribution in [-0.2, 0) is 0 Å². The smallest absolute Gasteiger partial charge is 0.336 e. The second-order valence-electron chi connectivity index (χ2n) is 3.95. The van der Waals surface area contributed by atoms with E-state index in [9.17, 15) is 4.79 Å². The monoisotopic (exact) mass is 261 g/mol. The number of fused-ring (bicyclic) bond motifs is 3. The lowest BCUT2D eigenvalue weighted by Gasteiger charge is -1.98. The first kappa shape index (κ1) is 11.3. The van der Waals surface area contributed by atoms with Crippen molar-refractivity contribution in [3.8, 4) is 0 Å². The molecule has 92 valence electrons. The van der Waals surface area contributed by atoms with Crippen LogP contribution in [0.15, 0.2) is 37.1 Å². The van der Waals surface area contributed by atoms with Crippen LogP contribution in [0.3, 0.4) is 0 Å². The largest absolute Gasteiger partial charge is 0.431 e. The topological polar surface area (TPSA) is 56.2 Å². The van der Waals surface area contributed by atoms with Crippen molar-refractivity contribution in [3.05, 3.63) is 34.2 Å². The van der Waals surface area contributed by atoms with Gasteiger partial charge in [-0.3, -0.25) is 0 Å². The van der Waals surface area contributed by atoms with E-state index in [2.05, 4.69) is 4.98 Å². The minimum absolute atomic E-state index is 0.361. The molecule has 0 aliphatic heterocycles. The molecule has 5 heteroatoms. The van der Waals surface area contributed by atoms with Crippen molar-refractivity contribution in [2.45, 2.75) is 19.1 Å². The Balaban J connectivity index is 2.40. The molecule has 2 aromatic heterocycles. The van der Waals surface area contributed by atoms with Crippen molar-refractivity contribution < 1.29 is 8.83 Å². The predicted octanol–water partition coefficient (Wildman–Crippen LogP) is 3.35. The molecule has 0 radical (unpaired) electrons. The molecular formula is C13H11NO3S. The summed E-state index contributed by atoms with van der Waals surface area (Å²) in [5, 5.41) is 1.49. The molecule has 0 atom stereocenters. The third-order valence-electron chi connectivity index (χ3n) is 2.72. The fraction of sp³-hybridized carbons (Fsp3) is 0.231. The van der Waals surface area contributed by atoms with Gasteiger partial charge in [0, 0.05) is 11.5 Å². The summed E-state index contributed by atoms with van der Waals surface area (Å²) in [7, 11) is 0. The van der Waals surface area contributed by atoms with Crippen molar-refractivity contribution in [2.24, 2.45) is 0 Å². The van der Waals surface area contributed by atoms with E-state index in [-0.39, 0.29) is 5.63 Å². The maximum absolute atomic E-state index is 11.5. The summed E-state index contributed by atoms with van der Waals surface area (Å²) in [4.78, 5) is 15.8. The van der Waals surface area contributed by atoms with Crippen molar-refractivity contribution in [1.82, 2.24) is 4.98 Å². The minimum atomic E-state index is -0.361. The van der Waals surface area contributed by atoms with E-state index in [1.807, 2.05) is 26.0 Å². The van der Waals surface area contributed by atoms with Gasteiger partial charge in [0.1, 0.15) is 0 Å². The third kappa shape index (κ3) is 1.71. The van der Waals surface area contributed by atoms with Gasteiger partial charge in [-0.05, 0) is 30.4 Å². The number of rotatable bonds is 2. The van der Waals surface area contributed by atoms with E-state index in [0.29, 0.717) is 21.9 Å². The van der Waals surface area contributed by atoms with Crippen molar-refractivity contribution >= 4 is 33.8 Å². The van der Waals surface area contributed by atoms with Gasteiger partial charge >= 0.3 is 5.63 Å². The number of benzene rings is 1. The normalized spacial score (nSPS) is 11.4. The van der Waals surface area contributed by atoms with Gasteiger partial charge in [0.2, 0.25) is 0 Å². The number of oxazole rings is 1. The Morgan fingerprint density at radius 2 is 2.17 bits per heavy atom. The molecular weight excluding hydrogens is 250 g/mol. The molecule has 0 N–H and O–H groups in total. The second-order valence-corrected chi connectivity index (χ2v) is 5.17. The van der Waals surface area contributed by atoms with Gasteiger partial charge in [0.05, 0.1) is 0 Å². The summed E-state index contributed by atoms with van der Waals surface area (Å²) in [6.45, 7) is 3.91. The van der Waals surface area contributed by atoms with E-state index >= 15 is 0 Å². The zero-order valence-electron chi connectivity index (χ0n) is 10.0. The molecule has 0 aliphatic rings. The SMILES string of the molecule is CCSc1nc2c(ccc3c(C)cc(=O)oc32)o1. The molecule has 3 aromatic rings. The first-order valence-electron chi connectivity index (χ1n) is 5.66. The average molecular weight is 261 g/mol. The highest BCUT2D eigenvalue weighted by atomic mass is 32.2. The highest BCUT2D eigenvalue weighted by molar-refractivity contribution is 7.99. The summed E-state index contributed by atoms with van der Waals surface area (Å²) in [5.74, 6) is 0.883. The van der Waals surface area contributed by atoms with Crippen LogP contribution in [0.4, 0.5) is 0 Å². The summed E-state index contributed by atoms with van der Waals surface area (Å²) in [6, 6.07) is 5.23. The number of nitrogens with zero attached hydrogens (tertiary/aromatic N) is 1. The maximum atomic E-state index is 11.5. The zero-order chi connectivity index (χ0) is 12.7. The average Bonchev–Trinajstić information content (AvgIpc) is 2.72. The number of thioether (sulfide) groups is 1. The number of aryl methyl sites for hydroxylation is 1. The van der Waals surface area contributed by atoms with Crippen LogP contribution in [0.25, 0.3) is 22.1 Å². The molecule has 4 nitrogen and oxygen atoms in total. The number of hydrogen-bond donors (Lipinski definition) is 0. The Hall–Kier alpha value is -1.75. The van der Waals surface area contributed by atoms with Crippen LogP contribution in [-0.4, -0.2) is 10.7 Å². The van der Waals surface area contributed by atoms with Gasteiger partial charge in [-0.1, -0.05) is 18.7 Å². The Bertz CT molecular complexity index is 788. The minimum Gasteiger partial charge on any atom is -0.431 e. The van der Waals surface area contributed by atoms with Crippen molar-refractivity contribution in [3.63, 3.8) is 0 Å². The van der Waals surface area contributed by atoms with Crippen LogP contribution >= 0.6 is 11.8 Å². The number of aromatic nitrogens is 1. The fourth-order valence-corrected chi connectivity index (χ4v) is 2.48. The molecule has 1 aromatic carbocycles. The second kappa shape index (κ2) is 4.17. The lowest BCUT2D eigenvalue weighted by atomic mass is 10.1. The van der Waals surface area contributed by atoms with Gasteiger partial charge in [0.15, 0.2) is 16.7 Å². The molecule has 0 bridgehead atoms. The van der Waals surface area contributed by atoms with Crippen LogP contribution in [0.2, 0.25) is 0 Å². The van der Waals surface area contributed by atoms with Crippen LogP contribution < -0.4 is 5.63 Å². The van der Waals surface area contributed by atoms with Crippen LogP contribution in [0.5, 0.6) is 0 Å². The highest BCUT2D eigenvalue weighted by Gasteiger charge is 2.12. The summed E-state index contributed by atoms with van der Waals surface area (Å²) in [6.07, 6.45) is 0. The Kier molecular flexibility index (Phi) is 2.63. The lowest BCUT2D eigenvalue weighted by molar-refractivity contribution is 0.489. The molecule has 2 heterocycles. The van der Waals surface area contributed by atoms with Gasteiger partial charge in [-0.15, -0.1) is 0 Å². The lowest BCUT2D eigenvalue weighted by Crippen LogP contribution is -1.97. The molecule has 0 spiro atoms. The quantitative estimate of drug-likeness (QED) is 0.523. The van der Waals surface area contributed by atoms with Crippen molar-refractivity contribution in [2.75, 3.05) is 5.75 Å². The molecule has 3 rings (SSSR count). The fourth-order valence-electron chi connectivity index (χ4n) is 1.93. The predicted molar refractivity (Wildman–Crippen MR) is 71.2 cm³/mol. The Morgan fingerprint density at radius 1 is 1.33 bits per heavy atom. The Morgan fingerprint density at radius 3 is 2.94 bits per heavy atom. The van der Waals surface area contributed by atoms with E-state index in [4.69, 9.17) is 8.83 Å². The molecule has 0 aliphatic carbocycles. The van der Waals surface area contributed by atoms with E-state index in [0.717, 1.165) is 16.7 Å². The summed E-state index contributed by atoms with van der Waals surface area (Å²) >= 11 is 1.52. The number of hydrogen-bond acceptors (Lipinski definition) is 5. The van der Waals surface area contributed by atoms with Gasteiger partial charge in [0.25, 0.3) is 5.22 Å². The van der Waals surface area contributed by atoms with Crippen LogP contribution in [0, 0.1) is 6.92 Å². The summed E-state index contributed by atoms with van der Waals surface area (Å²) < 4.78 is 10.8. The molecule has 0 fully saturated rings. The van der Waals surface area contributed by atoms with Crippen molar-refractivity contribution in [1.29, 1.82) is 0 Å². The van der Waals surface area contributed by atoms with Crippen LogP contribution in [0.1, 0.15) is 12.5 Å². The third-order valence-corrected chi connectivity index (χ3v) is 3.43. The molecule has 18 heavy (non-hydrogen) atoms.